The third kappa shape index (κ3) is 2.04. The van der Waals surface area contributed by atoms with Gasteiger partial charge in [0.25, 0.3) is 0 Å². The van der Waals surface area contributed by atoms with Crippen molar-refractivity contribution in [2.75, 3.05) is 6.54 Å². The smallest absolute Gasteiger partial charge is 0.0102 e. The van der Waals surface area contributed by atoms with E-state index in [1.165, 1.54) is 32.2 Å². The molecule has 1 fully saturated rings. The van der Waals surface area contributed by atoms with Gasteiger partial charge in [0.2, 0.25) is 0 Å². The molecule has 1 aromatic rings. The van der Waals surface area contributed by atoms with Gasteiger partial charge in [0.15, 0.2) is 0 Å². The summed E-state index contributed by atoms with van der Waals surface area (Å²) in [6, 6.07) is 9.73. The minimum Gasteiger partial charge on any atom is -0.314 e. The van der Waals surface area contributed by atoms with Crippen molar-refractivity contribution in [2.45, 2.75) is 31.7 Å². The predicted octanol–water partition coefficient (Wildman–Crippen LogP) is 2.58. The summed E-state index contributed by atoms with van der Waals surface area (Å²) in [7, 11) is 0. The van der Waals surface area contributed by atoms with Crippen LogP contribution in [0.25, 0.3) is 0 Å². The summed E-state index contributed by atoms with van der Waals surface area (Å²) >= 11 is 0. The Balaban J connectivity index is 0.000000853. The Bertz CT molecular complexity index is 306. The molecule has 0 bridgehead atoms. The lowest BCUT2D eigenvalue weighted by Crippen LogP contribution is -2.30. The summed E-state index contributed by atoms with van der Waals surface area (Å²) in [5.41, 5.74) is 3.18. The Kier molecular flexibility index (Phi) is 3.32. The molecule has 1 aliphatic carbocycles. The molecule has 0 spiro atoms. The zero-order valence-corrected chi connectivity index (χ0v) is 9.72. The van der Waals surface area contributed by atoms with E-state index in [-0.39, 0.29) is 12.4 Å². The van der Waals surface area contributed by atoms with Crippen molar-refractivity contribution < 1.29 is 0 Å². The zero-order valence-electron chi connectivity index (χ0n) is 8.91. The zero-order chi connectivity index (χ0) is 9.38. The molecule has 82 valence electrons. The lowest BCUT2D eigenvalue weighted by atomic mass is 9.95. The third-order valence-corrected chi connectivity index (χ3v) is 3.75. The van der Waals surface area contributed by atoms with Crippen LogP contribution in [0, 0.1) is 5.92 Å². The van der Waals surface area contributed by atoms with Crippen LogP contribution in [0.4, 0.5) is 0 Å². The van der Waals surface area contributed by atoms with Crippen molar-refractivity contribution in [3.8, 4) is 0 Å². The van der Waals surface area contributed by atoms with E-state index >= 15 is 0 Å². The van der Waals surface area contributed by atoms with Gasteiger partial charge in [0.05, 0.1) is 0 Å². The average molecular weight is 224 g/mol. The maximum atomic E-state index is 3.63. The molecule has 15 heavy (non-hydrogen) atoms. The fourth-order valence-corrected chi connectivity index (χ4v) is 2.99. The highest BCUT2D eigenvalue weighted by Crippen LogP contribution is 2.31. The van der Waals surface area contributed by atoms with E-state index in [1.54, 1.807) is 11.1 Å². The molecule has 2 aliphatic rings. The van der Waals surface area contributed by atoms with Gasteiger partial charge in [-0.2, -0.15) is 0 Å². The summed E-state index contributed by atoms with van der Waals surface area (Å²) in [5.74, 6) is 0.870. The third-order valence-electron chi connectivity index (χ3n) is 3.75. The molecule has 3 rings (SSSR count). The Morgan fingerprint density at radius 1 is 1.07 bits per heavy atom. The summed E-state index contributed by atoms with van der Waals surface area (Å²) in [6.45, 7) is 1.23. The van der Waals surface area contributed by atoms with Gasteiger partial charge in [-0.05, 0) is 49.3 Å². The van der Waals surface area contributed by atoms with Gasteiger partial charge < -0.3 is 5.32 Å². The van der Waals surface area contributed by atoms with Gasteiger partial charge in [-0.15, -0.1) is 12.4 Å². The second kappa shape index (κ2) is 4.54. The molecular weight excluding hydrogens is 206 g/mol. The number of fused-ring (bicyclic) bond motifs is 1. The number of rotatable bonds is 1. The molecule has 1 aromatic carbocycles. The van der Waals surface area contributed by atoms with Gasteiger partial charge in [-0.3, -0.25) is 0 Å². The SMILES string of the molecule is Cl.c1ccc2c(c1)CC(C1CCCN1)C2. The summed E-state index contributed by atoms with van der Waals surface area (Å²) < 4.78 is 0. The maximum Gasteiger partial charge on any atom is 0.0102 e. The van der Waals surface area contributed by atoms with Crippen molar-refractivity contribution >= 4 is 12.4 Å². The predicted molar refractivity (Wildman–Crippen MR) is 65.6 cm³/mol. The Labute approximate surface area is 97.7 Å². The molecule has 0 amide bonds. The highest BCUT2D eigenvalue weighted by molar-refractivity contribution is 5.85. The fraction of sp³-hybridized carbons (Fsp3) is 0.538. The first-order valence-electron chi connectivity index (χ1n) is 5.73. The van der Waals surface area contributed by atoms with Gasteiger partial charge in [-0.25, -0.2) is 0 Å². The standard InChI is InChI=1S/C13H17N.ClH/c1-2-5-11-9-12(8-10(11)4-1)13-6-3-7-14-13;/h1-2,4-5,12-14H,3,6-9H2;1H. The minimum absolute atomic E-state index is 0. The first-order chi connectivity index (χ1) is 6.93. The number of nitrogens with one attached hydrogen (secondary N) is 1. The van der Waals surface area contributed by atoms with E-state index in [9.17, 15) is 0 Å². The van der Waals surface area contributed by atoms with E-state index in [1.807, 2.05) is 0 Å². The van der Waals surface area contributed by atoms with Crippen molar-refractivity contribution in [1.82, 2.24) is 5.32 Å². The van der Waals surface area contributed by atoms with Crippen LogP contribution in [0.15, 0.2) is 24.3 Å². The van der Waals surface area contributed by atoms with E-state index in [0.717, 1.165) is 12.0 Å². The van der Waals surface area contributed by atoms with Gasteiger partial charge in [-0.1, -0.05) is 24.3 Å². The first kappa shape index (κ1) is 11.0. The molecule has 1 N–H and O–H groups in total. The number of hydrogen-bond acceptors (Lipinski definition) is 1. The first-order valence-corrected chi connectivity index (χ1v) is 5.73. The maximum absolute atomic E-state index is 3.63. The molecular formula is C13H18ClN. The Morgan fingerprint density at radius 2 is 1.73 bits per heavy atom. The van der Waals surface area contributed by atoms with Crippen molar-refractivity contribution in [2.24, 2.45) is 5.92 Å². The average Bonchev–Trinajstić information content (AvgIpc) is 2.86. The van der Waals surface area contributed by atoms with Crippen LogP contribution in [0.5, 0.6) is 0 Å². The topological polar surface area (TPSA) is 12.0 Å². The van der Waals surface area contributed by atoms with Crippen LogP contribution in [0.3, 0.4) is 0 Å². The number of hydrogen-bond donors (Lipinski definition) is 1. The monoisotopic (exact) mass is 223 g/mol. The van der Waals surface area contributed by atoms with Gasteiger partial charge in [0.1, 0.15) is 0 Å². The van der Waals surface area contributed by atoms with Crippen molar-refractivity contribution in [1.29, 1.82) is 0 Å². The molecule has 1 unspecified atom stereocenters. The van der Waals surface area contributed by atoms with Crippen LogP contribution < -0.4 is 5.32 Å². The molecule has 0 saturated carbocycles. The van der Waals surface area contributed by atoms with Crippen LogP contribution in [0.1, 0.15) is 24.0 Å². The van der Waals surface area contributed by atoms with Crippen LogP contribution in [0.2, 0.25) is 0 Å². The van der Waals surface area contributed by atoms with Crippen LogP contribution >= 0.6 is 12.4 Å². The van der Waals surface area contributed by atoms with Crippen molar-refractivity contribution in [3.63, 3.8) is 0 Å². The quantitative estimate of drug-likeness (QED) is 0.772. The molecule has 1 nitrogen and oxygen atoms in total. The molecule has 2 heteroatoms. The van der Waals surface area contributed by atoms with E-state index in [0.29, 0.717) is 0 Å². The molecule has 1 aliphatic heterocycles. The normalized spacial score (nSPS) is 24.9. The molecule has 1 heterocycles. The fourth-order valence-electron chi connectivity index (χ4n) is 2.99. The molecule has 1 saturated heterocycles. The second-order valence-corrected chi connectivity index (χ2v) is 4.64. The highest BCUT2D eigenvalue weighted by Gasteiger charge is 2.29. The van der Waals surface area contributed by atoms with Gasteiger partial charge >= 0.3 is 0 Å². The number of halogens is 1. The van der Waals surface area contributed by atoms with E-state index in [2.05, 4.69) is 29.6 Å². The Hall–Kier alpha value is -0.530. The lowest BCUT2D eigenvalue weighted by Gasteiger charge is -2.17. The van der Waals surface area contributed by atoms with E-state index in [4.69, 9.17) is 0 Å². The van der Waals surface area contributed by atoms with Gasteiger partial charge in [0, 0.05) is 6.04 Å². The minimum atomic E-state index is 0. The lowest BCUT2D eigenvalue weighted by molar-refractivity contribution is 0.406. The molecule has 0 radical (unpaired) electrons. The summed E-state index contributed by atoms with van der Waals surface area (Å²) in [6.07, 6.45) is 5.36. The van der Waals surface area contributed by atoms with Crippen LogP contribution in [-0.2, 0) is 12.8 Å². The summed E-state index contributed by atoms with van der Waals surface area (Å²) in [5, 5.41) is 3.63. The largest absolute Gasteiger partial charge is 0.314 e. The van der Waals surface area contributed by atoms with E-state index < -0.39 is 0 Å². The Morgan fingerprint density at radius 3 is 2.27 bits per heavy atom. The van der Waals surface area contributed by atoms with Crippen LogP contribution in [-0.4, -0.2) is 12.6 Å². The highest BCUT2D eigenvalue weighted by atomic mass is 35.5. The molecule has 0 aromatic heterocycles. The molecule has 1 atom stereocenters. The summed E-state index contributed by atoms with van der Waals surface area (Å²) in [4.78, 5) is 0. The van der Waals surface area contributed by atoms with Crippen molar-refractivity contribution in [3.05, 3.63) is 35.4 Å². The number of benzene rings is 1. The second-order valence-electron chi connectivity index (χ2n) is 4.64.